The molecule has 0 unspecified atom stereocenters. The number of rotatable bonds is 7. The minimum absolute atomic E-state index is 0.326. The number of carbonyl (C=O) groups excluding carboxylic acids is 1. The third-order valence-electron chi connectivity index (χ3n) is 5.96. The second-order valence-electron chi connectivity index (χ2n) is 8.02. The van der Waals surface area contributed by atoms with Gasteiger partial charge in [0.25, 0.3) is 0 Å². The standard InChI is InChI=1S/C25H27F2NO2/c1-2-3-4-5-17-6-8-18(9-7-17)19-10-12-20(13-11-19)25(29)30-22-15-14-21(16-28)23(26)24(22)27/h6-9,14-15,19-20H,2-5,10-13H2,1H3. The van der Waals surface area contributed by atoms with Gasteiger partial charge < -0.3 is 4.74 Å². The molecule has 0 heterocycles. The zero-order valence-electron chi connectivity index (χ0n) is 17.3. The summed E-state index contributed by atoms with van der Waals surface area (Å²) in [6.45, 7) is 2.20. The van der Waals surface area contributed by atoms with Gasteiger partial charge in [0.2, 0.25) is 5.82 Å². The number of halogens is 2. The molecule has 0 aliphatic heterocycles. The highest BCUT2D eigenvalue weighted by Gasteiger charge is 2.29. The highest BCUT2D eigenvalue weighted by Crippen LogP contribution is 2.37. The molecule has 1 aliphatic rings. The lowest BCUT2D eigenvalue weighted by Crippen LogP contribution is -2.25. The number of benzene rings is 2. The quantitative estimate of drug-likeness (QED) is 0.299. The highest BCUT2D eigenvalue weighted by atomic mass is 19.2. The Labute approximate surface area is 176 Å². The molecule has 2 aromatic carbocycles. The lowest BCUT2D eigenvalue weighted by atomic mass is 9.78. The summed E-state index contributed by atoms with van der Waals surface area (Å²) in [6, 6.07) is 12.6. The topological polar surface area (TPSA) is 50.1 Å². The van der Waals surface area contributed by atoms with Crippen LogP contribution in [0.4, 0.5) is 8.78 Å². The molecule has 5 heteroatoms. The first-order chi connectivity index (χ1) is 14.5. The summed E-state index contributed by atoms with van der Waals surface area (Å²) in [6.07, 6.45) is 7.83. The van der Waals surface area contributed by atoms with E-state index in [4.69, 9.17) is 10.00 Å². The Morgan fingerprint density at radius 3 is 2.37 bits per heavy atom. The van der Waals surface area contributed by atoms with E-state index in [1.165, 1.54) is 30.4 Å². The Morgan fingerprint density at radius 2 is 1.73 bits per heavy atom. The zero-order chi connectivity index (χ0) is 21.5. The fourth-order valence-electron chi connectivity index (χ4n) is 4.09. The fraction of sp³-hybridized carbons (Fsp3) is 0.440. The van der Waals surface area contributed by atoms with Crippen LogP contribution in [0.3, 0.4) is 0 Å². The number of carbonyl (C=O) groups is 1. The fourth-order valence-corrected chi connectivity index (χ4v) is 4.09. The van der Waals surface area contributed by atoms with Gasteiger partial charge in [-0.2, -0.15) is 9.65 Å². The molecule has 0 amide bonds. The van der Waals surface area contributed by atoms with Crippen molar-refractivity contribution in [3.63, 3.8) is 0 Å². The summed E-state index contributed by atoms with van der Waals surface area (Å²) in [5, 5.41) is 8.74. The van der Waals surface area contributed by atoms with Gasteiger partial charge in [0.05, 0.1) is 11.5 Å². The van der Waals surface area contributed by atoms with Gasteiger partial charge in [-0.25, -0.2) is 4.39 Å². The lowest BCUT2D eigenvalue weighted by molar-refractivity contribution is -0.140. The van der Waals surface area contributed by atoms with Crippen molar-refractivity contribution in [2.24, 2.45) is 5.92 Å². The molecular weight excluding hydrogens is 384 g/mol. The molecule has 1 saturated carbocycles. The number of hydrogen-bond acceptors (Lipinski definition) is 3. The number of hydrogen-bond donors (Lipinski definition) is 0. The Bertz CT molecular complexity index is 910. The van der Waals surface area contributed by atoms with E-state index in [0.717, 1.165) is 31.4 Å². The molecule has 1 fully saturated rings. The SMILES string of the molecule is CCCCCc1ccc(C2CCC(C(=O)Oc3ccc(C#N)c(F)c3F)CC2)cc1. The van der Waals surface area contributed by atoms with Crippen LogP contribution < -0.4 is 4.74 Å². The maximum Gasteiger partial charge on any atom is 0.314 e. The summed E-state index contributed by atoms with van der Waals surface area (Å²) in [4.78, 5) is 12.4. The summed E-state index contributed by atoms with van der Waals surface area (Å²) < 4.78 is 32.8. The predicted molar refractivity (Wildman–Crippen MR) is 111 cm³/mol. The molecule has 30 heavy (non-hydrogen) atoms. The van der Waals surface area contributed by atoms with E-state index in [-0.39, 0.29) is 5.92 Å². The molecule has 3 nitrogen and oxygen atoms in total. The van der Waals surface area contributed by atoms with Crippen molar-refractivity contribution < 1.29 is 18.3 Å². The van der Waals surface area contributed by atoms with Crippen molar-refractivity contribution >= 4 is 5.97 Å². The maximum absolute atomic E-state index is 14.0. The van der Waals surface area contributed by atoms with Gasteiger partial charge in [0.1, 0.15) is 6.07 Å². The summed E-state index contributed by atoms with van der Waals surface area (Å²) in [5.41, 5.74) is 2.24. The van der Waals surface area contributed by atoms with Crippen LogP contribution in [-0.4, -0.2) is 5.97 Å². The van der Waals surface area contributed by atoms with Crippen LogP contribution >= 0.6 is 0 Å². The number of nitriles is 1. The first-order valence-electron chi connectivity index (χ1n) is 10.7. The Hall–Kier alpha value is -2.74. The third-order valence-corrected chi connectivity index (χ3v) is 5.96. The van der Waals surface area contributed by atoms with E-state index in [1.807, 2.05) is 0 Å². The van der Waals surface area contributed by atoms with E-state index in [0.29, 0.717) is 18.8 Å². The predicted octanol–water partition coefficient (Wildman–Crippen LogP) is 6.45. The minimum Gasteiger partial charge on any atom is -0.423 e. The van der Waals surface area contributed by atoms with Crippen molar-refractivity contribution in [3.8, 4) is 11.8 Å². The van der Waals surface area contributed by atoms with E-state index >= 15 is 0 Å². The van der Waals surface area contributed by atoms with E-state index < -0.39 is 28.9 Å². The highest BCUT2D eigenvalue weighted by molar-refractivity contribution is 5.75. The van der Waals surface area contributed by atoms with Crippen LogP contribution in [0.5, 0.6) is 5.75 Å². The Morgan fingerprint density at radius 1 is 1.03 bits per heavy atom. The van der Waals surface area contributed by atoms with Gasteiger partial charge in [-0.05, 0) is 67.7 Å². The van der Waals surface area contributed by atoms with Gasteiger partial charge in [-0.1, -0.05) is 44.0 Å². The smallest absolute Gasteiger partial charge is 0.314 e. The number of nitrogens with zero attached hydrogens (tertiary/aromatic N) is 1. The van der Waals surface area contributed by atoms with E-state index in [1.54, 1.807) is 6.07 Å². The molecule has 0 N–H and O–H groups in total. The van der Waals surface area contributed by atoms with Gasteiger partial charge in [-0.15, -0.1) is 0 Å². The summed E-state index contributed by atoms with van der Waals surface area (Å²) >= 11 is 0. The largest absolute Gasteiger partial charge is 0.423 e. The van der Waals surface area contributed by atoms with E-state index in [9.17, 15) is 13.6 Å². The average Bonchev–Trinajstić information content (AvgIpc) is 2.78. The van der Waals surface area contributed by atoms with Crippen LogP contribution in [0.2, 0.25) is 0 Å². The second kappa shape index (κ2) is 10.3. The Kier molecular flexibility index (Phi) is 7.57. The van der Waals surface area contributed by atoms with Crippen LogP contribution in [0.25, 0.3) is 0 Å². The molecule has 3 rings (SSSR count). The summed E-state index contributed by atoms with van der Waals surface area (Å²) in [5.74, 6) is -3.50. The van der Waals surface area contributed by atoms with Crippen molar-refractivity contribution in [3.05, 3.63) is 64.7 Å². The van der Waals surface area contributed by atoms with Crippen molar-refractivity contribution in [2.45, 2.75) is 64.2 Å². The van der Waals surface area contributed by atoms with Gasteiger partial charge in [-0.3, -0.25) is 4.79 Å². The van der Waals surface area contributed by atoms with Gasteiger partial charge in [0.15, 0.2) is 11.6 Å². The molecule has 0 radical (unpaired) electrons. The van der Waals surface area contributed by atoms with Crippen LogP contribution in [0.1, 0.15) is 74.5 Å². The molecule has 0 atom stereocenters. The minimum atomic E-state index is -1.30. The van der Waals surface area contributed by atoms with Crippen LogP contribution in [0, 0.1) is 28.9 Å². The molecule has 2 aromatic rings. The molecule has 0 aromatic heterocycles. The molecule has 1 aliphatic carbocycles. The normalized spacial score (nSPS) is 18.6. The van der Waals surface area contributed by atoms with Crippen molar-refractivity contribution in [1.82, 2.24) is 0 Å². The lowest BCUT2D eigenvalue weighted by Gasteiger charge is -2.27. The van der Waals surface area contributed by atoms with Gasteiger partial charge >= 0.3 is 5.97 Å². The average molecular weight is 411 g/mol. The van der Waals surface area contributed by atoms with Crippen LogP contribution in [0.15, 0.2) is 36.4 Å². The molecule has 158 valence electrons. The van der Waals surface area contributed by atoms with Gasteiger partial charge in [0, 0.05) is 0 Å². The van der Waals surface area contributed by atoms with Crippen molar-refractivity contribution in [1.29, 1.82) is 5.26 Å². The monoisotopic (exact) mass is 411 g/mol. The molecule has 0 saturated heterocycles. The zero-order valence-corrected chi connectivity index (χ0v) is 17.3. The molecular formula is C25H27F2NO2. The summed E-state index contributed by atoms with van der Waals surface area (Å²) in [7, 11) is 0. The van der Waals surface area contributed by atoms with E-state index in [2.05, 4.69) is 31.2 Å². The third kappa shape index (κ3) is 5.24. The number of unbranched alkanes of at least 4 members (excludes halogenated alkanes) is 2. The first-order valence-corrected chi connectivity index (χ1v) is 10.7. The second-order valence-corrected chi connectivity index (χ2v) is 8.02. The number of aryl methyl sites for hydroxylation is 1. The number of esters is 1. The first kappa shape index (κ1) is 22.0. The Balaban J connectivity index is 1.53. The molecule has 0 bridgehead atoms. The number of ether oxygens (including phenoxy) is 1. The van der Waals surface area contributed by atoms with Crippen molar-refractivity contribution in [2.75, 3.05) is 0 Å². The van der Waals surface area contributed by atoms with Crippen LogP contribution in [-0.2, 0) is 11.2 Å². The molecule has 0 spiro atoms. The maximum atomic E-state index is 14.0.